The predicted molar refractivity (Wildman–Crippen MR) is 104 cm³/mol. The Kier molecular flexibility index (Phi) is 5.38. The lowest BCUT2D eigenvalue weighted by molar-refractivity contribution is 0.0943. The van der Waals surface area contributed by atoms with Crippen LogP contribution in [-0.2, 0) is 0 Å². The van der Waals surface area contributed by atoms with Crippen LogP contribution in [0.5, 0.6) is 0 Å². The molecule has 0 unspecified atom stereocenters. The highest BCUT2D eigenvalue weighted by Gasteiger charge is 2.19. The Morgan fingerprint density at radius 1 is 1.15 bits per heavy atom. The van der Waals surface area contributed by atoms with Crippen LogP contribution < -0.4 is 5.32 Å². The maximum absolute atomic E-state index is 12.4. The van der Waals surface area contributed by atoms with Crippen molar-refractivity contribution in [3.05, 3.63) is 64.4 Å². The van der Waals surface area contributed by atoms with Crippen LogP contribution in [-0.4, -0.2) is 27.2 Å². The van der Waals surface area contributed by atoms with Gasteiger partial charge < -0.3 is 5.32 Å². The molecule has 1 N–H and O–H groups in total. The molecule has 0 aliphatic rings. The van der Waals surface area contributed by atoms with Gasteiger partial charge in [-0.3, -0.25) is 4.79 Å². The Bertz CT molecular complexity index is 931. The molecule has 1 heterocycles. The molecule has 0 radical (unpaired) electrons. The first-order valence-corrected chi connectivity index (χ1v) is 8.97. The van der Waals surface area contributed by atoms with Gasteiger partial charge in [-0.15, -0.1) is 5.10 Å². The fourth-order valence-corrected chi connectivity index (χ4v) is 2.78. The van der Waals surface area contributed by atoms with Gasteiger partial charge in [-0.05, 0) is 38.0 Å². The van der Waals surface area contributed by atoms with Crippen LogP contribution in [0.2, 0.25) is 5.02 Å². The first-order valence-electron chi connectivity index (χ1n) is 8.59. The summed E-state index contributed by atoms with van der Waals surface area (Å²) in [6, 6.07) is 13.6. The molecular formula is C20H21ClN4O. The van der Waals surface area contributed by atoms with Crippen LogP contribution in [0, 0.1) is 13.8 Å². The molecule has 0 bridgehead atoms. The fourth-order valence-electron chi connectivity index (χ4n) is 2.61. The zero-order valence-electron chi connectivity index (χ0n) is 15.1. The smallest absolute Gasteiger partial charge is 0.290 e. The van der Waals surface area contributed by atoms with Gasteiger partial charge in [0.05, 0.1) is 5.69 Å². The molecule has 26 heavy (non-hydrogen) atoms. The number of halogens is 1. The van der Waals surface area contributed by atoms with Gasteiger partial charge in [0.15, 0.2) is 5.82 Å². The number of aryl methyl sites for hydroxylation is 1. The normalized spacial score (nSPS) is 10.8. The van der Waals surface area contributed by atoms with Gasteiger partial charge in [0.1, 0.15) is 0 Å². The first kappa shape index (κ1) is 18.1. The van der Waals surface area contributed by atoms with Crippen molar-refractivity contribution in [3.63, 3.8) is 0 Å². The monoisotopic (exact) mass is 368 g/mol. The standard InChI is InChI=1S/C20H21ClN4O/c1-4-12-22-20(26)18-23-19(15-10-8-13(2)9-11-15)25(24-18)17-7-5-6-16(21)14(17)3/h5-11H,4,12H2,1-3H3,(H,22,26). The SMILES string of the molecule is CCCNC(=O)c1nc(-c2ccc(C)cc2)n(-c2cccc(Cl)c2C)n1. The first-order chi connectivity index (χ1) is 12.5. The largest absolute Gasteiger partial charge is 0.349 e. The lowest BCUT2D eigenvalue weighted by Gasteiger charge is -2.10. The van der Waals surface area contributed by atoms with E-state index in [1.165, 1.54) is 0 Å². The van der Waals surface area contributed by atoms with Gasteiger partial charge in [-0.25, -0.2) is 9.67 Å². The Morgan fingerprint density at radius 3 is 2.58 bits per heavy atom. The van der Waals surface area contributed by atoms with Crippen LogP contribution in [0.1, 0.15) is 35.1 Å². The van der Waals surface area contributed by atoms with E-state index in [0.717, 1.165) is 28.8 Å². The Hall–Kier alpha value is -2.66. The van der Waals surface area contributed by atoms with Gasteiger partial charge in [-0.1, -0.05) is 54.4 Å². The summed E-state index contributed by atoms with van der Waals surface area (Å²) in [4.78, 5) is 16.9. The summed E-state index contributed by atoms with van der Waals surface area (Å²) in [6.45, 7) is 6.54. The molecule has 0 fully saturated rings. The second-order valence-electron chi connectivity index (χ2n) is 6.18. The molecule has 134 valence electrons. The minimum atomic E-state index is -0.279. The number of nitrogens with one attached hydrogen (secondary N) is 1. The van der Waals surface area contributed by atoms with E-state index in [1.807, 2.05) is 63.2 Å². The number of hydrogen-bond donors (Lipinski definition) is 1. The number of carbonyl (C=O) groups is 1. The molecule has 5 nitrogen and oxygen atoms in total. The number of hydrogen-bond acceptors (Lipinski definition) is 3. The van der Waals surface area contributed by atoms with Crippen LogP contribution in [0.4, 0.5) is 0 Å². The summed E-state index contributed by atoms with van der Waals surface area (Å²) < 4.78 is 1.69. The van der Waals surface area contributed by atoms with Crippen molar-refractivity contribution in [1.29, 1.82) is 0 Å². The van der Waals surface area contributed by atoms with Crippen molar-refractivity contribution < 1.29 is 4.79 Å². The lowest BCUT2D eigenvalue weighted by atomic mass is 10.1. The average molecular weight is 369 g/mol. The predicted octanol–water partition coefficient (Wildman–Crippen LogP) is 4.34. The van der Waals surface area contributed by atoms with E-state index >= 15 is 0 Å². The van der Waals surface area contributed by atoms with E-state index in [0.29, 0.717) is 17.4 Å². The fraction of sp³-hybridized carbons (Fsp3) is 0.250. The third-order valence-corrected chi connectivity index (χ3v) is 4.53. The minimum absolute atomic E-state index is 0.147. The Balaban J connectivity index is 2.14. The van der Waals surface area contributed by atoms with Crippen LogP contribution in [0.3, 0.4) is 0 Å². The summed E-state index contributed by atoms with van der Waals surface area (Å²) in [5.74, 6) is 0.476. The third-order valence-electron chi connectivity index (χ3n) is 4.12. The van der Waals surface area contributed by atoms with Crippen molar-refractivity contribution in [3.8, 4) is 17.1 Å². The molecule has 0 atom stereocenters. The number of benzene rings is 2. The quantitative estimate of drug-likeness (QED) is 0.728. The minimum Gasteiger partial charge on any atom is -0.349 e. The summed E-state index contributed by atoms with van der Waals surface area (Å²) in [7, 11) is 0. The van der Waals surface area contributed by atoms with E-state index in [9.17, 15) is 4.79 Å². The van der Waals surface area contributed by atoms with Crippen molar-refractivity contribution in [2.24, 2.45) is 0 Å². The number of carbonyl (C=O) groups excluding carboxylic acids is 1. The maximum atomic E-state index is 12.4. The van der Waals surface area contributed by atoms with Gasteiger partial charge >= 0.3 is 0 Å². The number of aromatic nitrogens is 3. The van der Waals surface area contributed by atoms with E-state index in [2.05, 4.69) is 15.4 Å². The Labute approximate surface area is 158 Å². The highest BCUT2D eigenvalue weighted by atomic mass is 35.5. The summed E-state index contributed by atoms with van der Waals surface area (Å²) in [5.41, 5.74) is 3.72. The highest BCUT2D eigenvalue weighted by Crippen LogP contribution is 2.27. The maximum Gasteiger partial charge on any atom is 0.290 e. The third kappa shape index (κ3) is 3.63. The molecule has 2 aromatic carbocycles. The van der Waals surface area contributed by atoms with E-state index in [1.54, 1.807) is 4.68 Å². The molecule has 1 amide bonds. The van der Waals surface area contributed by atoms with Crippen molar-refractivity contribution in [2.45, 2.75) is 27.2 Å². The van der Waals surface area contributed by atoms with Crippen molar-refractivity contribution in [1.82, 2.24) is 20.1 Å². The van der Waals surface area contributed by atoms with Crippen LogP contribution >= 0.6 is 11.6 Å². The molecule has 0 aliphatic carbocycles. The summed E-state index contributed by atoms with van der Waals surface area (Å²) in [6.07, 6.45) is 0.852. The van der Waals surface area contributed by atoms with Crippen LogP contribution in [0.15, 0.2) is 42.5 Å². The lowest BCUT2D eigenvalue weighted by Crippen LogP contribution is -2.25. The van der Waals surface area contributed by atoms with Gasteiger partial charge in [-0.2, -0.15) is 0 Å². The van der Waals surface area contributed by atoms with Gasteiger partial charge in [0.2, 0.25) is 5.82 Å². The molecule has 3 rings (SSSR count). The zero-order chi connectivity index (χ0) is 18.7. The molecule has 6 heteroatoms. The molecule has 1 aromatic heterocycles. The van der Waals surface area contributed by atoms with Crippen LogP contribution in [0.25, 0.3) is 17.1 Å². The van der Waals surface area contributed by atoms with Gasteiger partial charge in [0.25, 0.3) is 5.91 Å². The van der Waals surface area contributed by atoms with Crippen molar-refractivity contribution in [2.75, 3.05) is 6.54 Å². The van der Waals surface area contributed by atoms with Crippen molar-refractivity contribution >= 4 is 17.5 Å². The molecular weight excluding hydrogens is 348 g/mol. The molecule has 0 saturated heterocycles. The van der Waals surface area contributed by atoms with E-state index in [4.69, 9.17) is 11.6 Å². The molecule has 0 saturated carbocycles. The number of amides is 1. The molecule has 0 spiro atoms. The summed E-state index contributed by atoms with van der Waals surface area (Å²) in [5, 5.41) is 7.94. The number of nitrogens with zero attached hydrogens (tertiary/aromatic N) is 3. The topological polar surface area (TPSA) is 59.8 Å². The highest BCUT2D eigenvalue weighted by molar-refractivity contribution is 6.31. The Morgan fingerprint density at radius 2 is 1.88 bits per heavy atom. The average Bonchev–Trinajstić information content (AvgIpc) is 3.08. The zero-order valence-corrected chi connectivity index (χ0v) is 15.8. The molecule has 0 aliphatic heterocycles. The molecule has 3 aromatic rings. The number of rotatable bonds is 5. The van der Waals surface area contributed by atoms with E-state index in [-0.39, 0.29) is 11.7 Å². The second kappa shape index (κ2) is 7.70. The van der Waals surface area contributed by atoms with Gasteiger partial charge in [0, 0.05) is 17.1 Å². The second-order valence-corrected chi connectivity index (χ2v) is 6.58. The van der Waals surface area contributed by atoms with E-state index < -0.39 is 0 Å². The summed E-state index contributed by atoms with van der Waals surface area (Å²) >= 11 is 6.28.